The van der Waals surface area contributed by atoms with E-state index in [-0.39, 0.29) is 0 Å². The number of rotatable bonds is 3. The zero-order valence-corrected chi connectivity index (χ0v) is 10.3. The first-order valence-corrected chi connectivity index (χ1v) is 5.94. The molecule has 0 N–H and O–H groups in total. The van der Waals surface area contributed by atoms with E-state index in [1.165, 1.54) is 19.5 Å². The topological polar surface area (TPSA) is 3.24 Å². The predicted molar refractivity (Wildman–Crippen MR) is 62.5 cm³/mol. The second-order valence-electron chi connectivity index (χ2n) is 5.30. The number of hydrogen-bond donors (Lipinski definition) is 1. The molecule has 1 heterocycles. The lowest BCUT2D eigenvalue weighted by atomic mass is 9.95. The van der Waals surface area contributed by atoms with E-state index in [9.17, 15) is 0 Å². The van der Waals surface area contributed by atoms with Gasteiger partial charge in [-0.1, -0.05) is 20.8 Å². The molecule has 2 heteroatoms. The summed E-state index contributed by atoms with van der Waals surface area (Å²) in [6.07, 6.45) is 1.36. The maximum Gasteiger partial charge on any atom is 0.00932 e. The van der Waals surface area contributed by atoms with E-state index >= 15 is 0 Å². The summed E-state index contributed by atoms with van der Waals surface area (Å²) in [5.41, 5.74) is 0.363. The molecule has 2 unspecified atom stereocenters. The Morgan fingerprint density at radius 2 is 2.00 bits per heavy atom. The van der Waals surface area contributed by atoms with Gasteiger partial charge < -0.3 is 0 Å². The van der Waals surface area contributed by atoms with Crippen LogP contribution >= 0.6 is 12.6 Å². The van der Waals surface area contributed by atoms with Crippen LogP contribution in [0.5, 0.6) is 0 Å². The molecule has 0 amide bonds. The van der Waals surface area contributed by atoms with Crippen LogP contribution in [0.3, 0.4) is 0 Å². The van der Waals surface area contributed by atoms with Gasteiger partial charge in [-0.05, 0) is 37.0 Å². The Hall–Kier alpha value is 0.310. The van der Waals surface area contributed by atoms with Crippen LogP contribution in [0.25, 0.3) is 0 Å². The zero-order valence-electron chi connectivity index (χ0n) is 9.38. The maximum atomic E-state index is 4.40. The fraction of sp³-hybridized carbons (Fsp3) is 1.00. The largest absolute Gasteiger partial charge is 0.300 e. The summed E-state index contributed by atoms with van der Waals surface area (Å²) < 4.78 is 0. The highest BCUT2D eigenvalue weighted by molar-refractivity contribution is 7.80. The lowest BCUT2D eigenvalue weighted by Gasteiger charge is -2.32. The summed E-state index contributed by atoms with van der Waals surface area (Å²) in [4.78, 5) is 2.61. The van der Waals surface area contributed by atoms with Crippen molar-refractivity contribution in [2.24, 2.45) is 11.3 Å². The van der Waals surface area contributed by atoms with Crippen molar-refractivity contribution in [2.75, 3.05) is 18.8 Å². The lowest BCUT2D eigenvalue weighted by Crippen LogP contribution is -2.38. The highest BCUT2D eigenvalue weighted by Gasteiger charge is 2.30. The van der Waals surface area contributed by atoms with Gasteiger partial charge in [0.2, 0.25) is 0 Å². The minimum absolute atomic E-state index is 0.363. The van der Waals surface area contributed by atoms with Gasteiger partial charge in [-0.15, -0.1) is 0 Å². The first-order valence-electron chi connectivity index (χ1n) is 5.31. The highest BCUT2D eigenvalue weighted by atomic mass is 32.1. The van der Waals surface area contributed by atoms with Gasteiger partial charge in [0, 0.05) is 12.6 Å². The lowest BCUT2D eigenvalue weighted by molar-refractivity contribution is 0.177. The van der Waals surface area contributed by atoms with Crippen molar-refractivity contribution in [1.29, 1.82) is 0 Å². The van der Waals surface area contributed by atoms with Gasteiger partial charge in [0.15, 0.2) is 0 Å². The molecule has 0 aromatic rings. The van der Waals surface area contributed by atoms with Crippen LogP contribution in [0.1, 0.15) is 34.1 Å². The Morgan fingerprint density at radius 1 is 1.38 bits per heavy atom. The second-order valence-corrected chi connectivity index (χ2v) is 5.62. The highest BCUT2D eigenvalue weighted by Crippen LogP contribution is 2.28. The third kappa shape index (κ3) is 2.88. The molecule has 1 aliphatic rings. The molecule has 1 fully saturated rings. The summed E-state index contributed by atoms with van der Waals surface area (Å²) in [5.74, 6) is 1.85. The third-order valence-corrected chi connectivity index (χ3v) is 4.19. The van der Waals surface area contributed by atoms with Crippen LogP contribution in [0.4, 0.5) is 0 Å². The molecule has 0 saturated carbocycles. The monoisotopic (exact) mass is 201 g/mol. The molecule has 1 rings (SSSR count). The predicted octanol–water partition coefficient (Wildman–Crippen LogP) is 2.67. The van der Waals surface area contributed by atoms with E-state index in [0.717, 1.165) is 17.7 Å². The van der Waals surface area contributed by atoms with Crippen molar-refractivity contribution in [1.82, 2.24) is 4.90 Å². The number of thiol groups is 1. The van der Waals surface area contributed by atoms with Gasteiger partial charge in [-0.2, -0.15) is 12.6 Å². The van der Waals surface area contributed by atoms with Gasteiger partial charge in [-0.3, -0.25) is 4.90 Å². The van der Waals surface area contributed by atoms with Gasteiger partial charge in [0.1, 0.15) is 0 Å². The van der Waals surface area contributed by atoms with Crippen molar-refractivity contribution < 1.29 is 0 Å². The fourth-order valence-electron chi connectivity index (χ4n) is 2.00. The molecule has 1 saturated heterocycles. The molecule has 0 aromatic heterocycles. The molecule has 1 nitrogen and oxygen atoms in total. The summed E-state index contributed by atoms with van der Waals surface area (Å²) in [6.45, 7) is 11.8. The normalized spacial score (nSPS) is 31.2. The van der Waals surface area contributed by atoms with Crippen LogP contribution < -0.4 is 0 Å². The summed E-state index contributed by atoms with van der Waals surface area (Å²) in [7, 11) is 0. The molecule has 1 aliphatic heterocycles. The molecule has 0 spiro atoms. The van der Waals surface area contributed by atoms with Crippen LogP contribution in [0.15, 0.2) is 0 Å². The summed E-state index contributed by atoms with van der Waals surface area (Å²) >= 11 is 4.40. The number of nitrogens with zero attached hydrogens (tertiary/aromatic N) is 1. The Kier molecular flexibility index (Phi) is 3.70. The summed E-state index contributed by atoms with van der Waals surface area (Å²) in [6, 6.07) is 0.763. The van der Waals surface area contributed by atoms with Gasteiger partial charge in [0.25, 0.3) is 0 Å². The minimum atomic E-state index is 0.363. The van der Waals surface area contributed by atoms with Crippen LogP contribution in [0.2, 0.25) is 0 Å². The Bertz CT molecular complexity index is 167. The Morgan fingerprint density at radius 3 is 2.38 bits per heavy atom. The Balaban J connectivity index is 2.46. The Labute approximate surface area is 88.3 Å². The van der Waals surface area contributed by atoms with Gasteiger partial charge >= 0.3 is 0 Å². The zero-order chi connectivity index (χ0) is 10.1. The number of hydrogen-bond acceptors (Lipinski definition) is 2. The fourth-order valence-corrected chi connectivity index (χ4v) is 2.10. The van der Waals surface area contributed by atoms with E-state index in [0.29, 0.717) is 5.41 Å². The first-order chi connectivity index (χ1) is 5.96. The first kappa shape index (κ1) is 11.4. The van der Waals surface area contributed by atoms with Crippen LogP contribution in [0, 0.1) is 11.3 Å². The van der Waals surface area contributed by atoms with Crippen LogP contribution in [-0.2, 0) is 0 Å². The maximum absolute atomic E-state index is 4.40. The van der Waals surface area contributed by atoms with Crippen molar-refractivity contribution in [3.63, 3.8) is 0 Å². The average Bonchev–Trinajstić information content (AvgIpc) is 2.36. The smallest absolute Gasteiger partial charge is 0.00932 e. The van der Waals surface area contributed by atoms with Gasteiger partial charge in [0.05, 0.1) is 0 Å². The molecular weight excluding hydrogens is 178 g/mol. The number of likely N-dealkylation sites (tertiary alicyclic amines) is 1. The SMILES string of the molecule is CC1CCN(CC(C)(C)CS)C1C. The second kappa shape index (κ2) is 4.22. The van der Waals surface area contributed by atoms with E-state index < -0.39 is 0 Å². The van der Waals surface area contributed by atoms with Crippen molar-refractivity contribution in [3.8, 4) is 0 Å². The molecule has 13 heavy (non-hydrogen) atoms. The quantitative estimate of drug-likeness (QED) is 0.687. The summed E-state index contributed by atoms with van der Waals surface area (Å²) in [5, 5.41) is 0. The van der Waals surface area contributed by atoms with Crippen LogP contribution in [-0.4, -0.2) is 29.8 Å². The molecule has 0 aromatic carbocycles. The average molecular weight is 201 g/mol. The molecular formula is C11H23NS. The standard InChI is InChI=1S/C11H23NS/c1-9-5-6-12(10(9)2)7-11(3,4)8-13/h9-10,13H,5-8H2,1-4H3. The third-order valence-electron chi connectivity index (χ3n) is 3.33. The van der Waals surface area contributed by atoms with Crippen molar-refractivity contribution >= 4 is 12.6 Å². The molecule has 0 aliphatic carbocycles. The van der Waals surface area contributed by atoms with E-state index in [4.69, 9.17) is 0 Å². The van der Waals surface area contributed by atoms with Crippen molar-refractivity contribution in [3.05, 3.63) is 0 Å². The van der Waals surface area contributed by atoms with E-state index in [1.54, 1.807) is 0 Å². The molecule has 0 radical (unpaired) electrons. The minimum Gasteiger partial charge on any atom is -0.300 e. The molecule has 2 atom stereocenters. The van der Waals surface area contributed by atoms with E-state index in [1.807, 2.05) is 0 Å². The molecule has 0 bridgehead atoms. The van der Waals surface area contributed by atoms with Crippen molar-refractivity contribution in [2.45, 2.75) is 40.2 Å². The van der Waals surface area contributed by atoms with E-state index in [2.05, 4.69) is 45.2 Å². The molecule has 78 valence electrons. The van der Waals surface area contributed by atoms with Gasteiger partial charge in [-0.25, -0.2) is 0 Å².